The summed E-state index contributed by atoms with van der Waals surface area (Å²) < 4.78 is 8.46. The van der Waals surface area contributed by atoms with Crippen LogP contribution in [0.4, 0.5) is 45.0 Å². The van der Waals surface area contributed by atoms with E-state index in [2.05, 4.69) is 78.9 Å². The van der Waals surface area contributed by atoms with E-state index in [-0.39, 0.29) is 41.7 Å². The quantitative estimate of drug-likeness (QED) is 0.0631. The average molecular weight is 1170 g/mol. The SMILES string of the molecule is C.CC(C)(C)OC(=O)Nc1cn(-c2ccccc2)nc1NC(=O)c1ccc(Cl)nc1.Nc1cn(-c2ccccc2)nc1NC(=O)c1ccc(N2CCC3(CC2)C(=O)NCN3c2ccccc2)nc1.O=C1NCN(c2ccccc2)C12CCNCC2. The van der Waals surface area contributed by atoms with Gasteiger partial charge >= 0.3 is 6.09 Å². The van der Waals surface area contributed by atoms with Crippen molar-refractivity contribution in [2.75, 3.05) is 75.9 Å². The molecule has 23 heteroatoms. The fourth-order valence-corrected chi connectivity index (χ4v) is 10.6. The Labute approximate surface area is 498 Å². The summed E-state index contributed by atoms with van der Waals surface area (Å²) in [4.78, 5) is 77.7. The summed E-state index contributed by atoms with van der Waals surface area (Å²) in [5.74, 6) is 0.709. The number of para-hydroxylation sites is 4. The number of nitrogens with one attached hydrogen (secondary N) is 6. The van der Waals surface area contributed by atoms with Gasteiger partial charge in [0.15, 0.2) is 11.6 Å². The number of nitrogen functional groups attached to an aromatic ring is 1. The van der Waals surface area contributed by atoms with Crippen LogP contribution in [-0.2, 0) is 14.3 Å². The molecule has 2 spiro atoms. The fourth-order valence-electron chi connectivity index (χ4n) is 10.5. The molecule has 4 aliphatic heterocycles. The Balaban J connectivity index is 0.000000163. The van der Waals surface area contributed by atoms with Gasteiger partial charge in [-0.25, -0.2) is 24.1 Å². The number of rotatable bonds is 10. The zero-order valence-corrected chi connectivity index (χ0v) is 47.4. The van der Waals surface area contributed by atoms with Gasteiger partial charge in [0.25, 0.3) is 11.8 Å². The van der Waals surface area contributed by atoms with Crippen LogP contribution in [0.15, 0.2) is 170 Å². The Morgan fingerprint density at radius 1 is 0.588 bits per heavy atom. The van der Waals surface area contributed by atoms with Crippen LogP contribution >= 0.6 is 11.6 Å². The Kier molecular flexibility index (Phi) is 18.4. The first-order chi connectivity index (χ1) is 40.6. The zero-order chi connectivity index (χ0) is 58.8. The summed E-state index contributed by atoms with van der Waals surface area (Å²) in [6.07, 6.45) is 8.64. The molecule has 4 saturated heterocycles. The molecule has 4 fully saturated rings. The number of benzene rings is 4. The number of piperidine rings is 2. The highest BCUT2D eigenvalue weighted by atomic mass is 35.5. The van der Waals surface area contributed by atoms with Crippen LogP contribution in [0.1, 0.15) is 74.6 Å². The minimum atomic E-state index is -0.669. The van der Waals surface area contributed by atoms with E-state index < -0.39 is 23.1 Å². The highest BCUT2D eigenvalue weighted by Gasteiger charge is 2.51. The van der Waals surface area contributed by atoms with Crippen LogP contribution in [0, 0.1) is 0 Å². The molecule has 8 N–H and O–H groups in total. The largest absolute Gasteiger partial charge is 0.444 e. The van der Waals surface area contributed by atoms with Crippen molar-refractivity contribution in [3.8, 4) is 11.4 Å². The van der Waals surface area contributed by atoms with Crippen LogP contribution < -0.4 is 52.3 Å². The van der Waals surface area contributed by atoms with Gasteiger partial charge in [0.2, 0.25) is 11.8 Å². The van der Waals surface area contributed by atoms with Crippen LogP contribution in [0.25, 0.3) is 11.4 Å². The number of ether oxygens (including phenoxy) is 1. The van der Waals surface area contributed by atoms with E-state index in [1.165, 1.54) is 12.3 Å². The van der Waals surface area contributed by atoms with Crippen molar-refractivity contribution in [2.24, 2.45) is 0 Å². The molecule has 0 aliphatic carbocycles. The minimum absolute atomic E-state index is 0. The zero-order valence-electron chi connectivity index (χ0n) is 46.7. The van der Waals surface area contributed by atoms with Gasteiger partial charge in [-0.1, -0.05) is 91.8 Å². The number of nitrogens with zero attached hydrogens (tertiary/aromatic N) is 9. The molecule has 12 rings (SSSR count). The van der Waals surface area contributed by atoms with Crippen LogP contribution in [0.2, 0.25) is 5.15 Å². The number of nitrogens with two attached hydrogens (primary N) is 1. The summed E-state index contributed by atoms with van der Waals surface area (Å²) in [6.45, 7) is 9.61. The van der Waals surface area contributed by atoms with Gasteiger partial charge in [0, 0.05) is 36.9 Å². The summed E-state index contributed by atoms with van der Waals surface area (Å²) in [5, 5.41) is 26.5. The molecule has 22 nitrogen and oxygen atoms in total. The van der Waals surface area contributed by atoms with Crippen molar-refractivity contribution in [1.82, 2.24) is 45.5 Å². The average Bonchev–Trinajstić information content (AvgIpc) is 2.26. The van der Waals surface area contributed by atoms with E-state index in [0.717, 1.165) is 54.5 Å². The van der Waals surface area contributed by atoms with Crippen molar-refractivity contribution >= 4 is 81.5 Å². The molecule has 4 aromatic heterocycles. The van der Waals surface area contributed by atoms with Gasteiger partial charge in [0.1, 0.15) is 33.3 Å². The van der Waals surface area contributed by atoms with Gasteiger partial charge in [-0.2, -0.15) is 0 Å². The molecule has 8 heterocycles. The molecule has 0 bridgehead atoms. The Bertz CT molecular complexity index is 3570. The van der Waals surface area contributed by atoms with Crippen molar-refractivity contribution in [3.05, 3.63) is 187 Å². The van der Waals surface area contributed by atoms with E-state index >= 15 is 0 Å². The molecule has 440 valence electrons. The lowest BCUT2D eigenvalue weighted by Crippen LogP contribution is -2.56. The maximum absolute atomic E-state index is 12.9. The lowest BCUT2D eigenvalue weighted by atomic mass is 9.85. The molecule has 4 aromatic carbocycles. The van der Waals surface area contributed by atoms with Gasteiger partial charge < -0.3 is 51.8 Å². The predicted octanol–water partition coefficient (Wildman–Crippen LogP) is 8.89. The van der Waals surface area contributed by atoms with E-state index in [1.54, 1.807) is 60.9 Å². The van der Waals surface area contributed by atoms with Crippen LogP contribution in [0.5, 0.6) is 0 Å². The maximum Gasteiger partial charge on any atom is 0.412 e. The number of carbonyl (C=O) groups excluding carboxylic acids is 5. The monoisotopic (exact) mass is 1170 g/mol. The summed E-state index contributed by atoms with van der Waals surface area (Å²) >= 11 is 5.76. The molecule has 85 heavy (non-hydrogen) atoms. The number of hydrogen-bond donors (Lipinski definition) is 7. The molecule has 0 saturated carbocycles. The predicted molar refractivity (Wildman–Crippen MR) is 330 cm³/mol. The highest BCUT2D eigenvalue weighted by Crippen LogP contribution is 2.38. The van der Waals surface area contributed by atoms with Crippen LogP contribution in [-0.4, -0.2) is 115 Å². The second-order valence-corrected chi connectivity index (χ2v) is 21.7. The Morgan fingerprint density at radius 3 is 1.53 bits per heavy atom. The van der Waals surface area contributed by atoms with Crippen molar-refractivity contribution in [2.45, 2.75) is 70.6 Å². The van der Waals surface area contributed by atoms with Gasteiger partial charge in [-0.3, -0.25) is 24.5 Å². The van der Waals surface area contributed by atoms with E-state index in [1.807, 2.05) is 115 Å². The summed E-state index contributed by atoms with van der Waals surface area (Å²) in [6, 6.07) is 45.7. The first-order valence-corrected chi connectivity index (χ1v) is 27.9. The lowest BCUT2D eigenvalue weighted by Gasteiger charge is -2.43. The molecular formula is C62H69ClN16O6. The topological polar surface area (TPSA) is 264 Å². The van der Waals surface area contributed by atoms with E-state index in [9.17, 15) is 24.0 Å². The fraction of sp³-hybridized carbons (Fsp3) is 0.274. The Morgan fingerprint density at radius 2 is 1.05 bits per heavy atom. The number of pyridine rings is 2. The lowest BCUT2D eigenvalue weighted by molar-refractivity contribution is -0.125. The van der Waals surface area contributed by atoms with E-state index in [4.69, 9.17) is 22.1 Å². The first kappa shape index (κ1) is 59.8. The maximum atomic E-state index is 12.9. The molecule has 4 aliphatic rings. The third kappa shape index (κ3) is 13.8. The second kappa shape index (κ2) is 26.2. The number of amides is 5. The van der Waals surface area contributed by atoms with Crippen molar-refractivity contribution in [1.29, 1.82) is 0 Å². The third-order valence-electron chi connectivity index (χ3n) is 14.8. The van der Waals surface area contributed by atoms with Gasteiger partial charge in [-0.15, -0.1) is 10.2 Å². The number of anilines is 7. The van der Waals surface area contributed by atoms with Crippen molar-refractivity contribution in [3.63, 3.8) is 0 Å². The smallest absolute Gasteiger partial charge is 0.412 e. The number of hydrogen-bond acceptors (Lipinski definition) is 15. The number of aromatic nitrogens is 6. The van der Waals surface area contributed by atoms with E-state index in [0.29, 0.717) is 67.6 Å². The number of halogens is 1. The first-order valence-electron chi connectivity index (χ1n) is 27.5. The molecular weight excluding hydrogens is 1100 g/mol. The molecule has 0 radical (unpaired) electrons. The Hall–Kier alpha value is -9.80. The molecule has 0 unspecified atom stereocenters. The van der Waals surface area contributed by atoms with Crippen LogP contribution in [0.3, 0.4) is 0 Å². The molecule has 8 aromatic rings. The molecule has 5 amide bonds. The van der Waals surface area contributed by atoms with Gasteiger partial charge in [-0.05, 0) is 132 Å². The minimum Gasteiger partial charge on any atom is -0.444 e. The molecule has 0 atom stereocenters. The number of carbonyl (C=O) groups is 5. The van der Waals surface area contributed by atoms with Crippen molar-refractivity contribution < 1.29 is 28.7 Å². The summed E-state index contributed by atoms with van der Waals surface area (Å²) in [5.41, 5.74) is 9.67. The standard InChI is InChI=1S/C28H28N8O2.C20H20ClN5O3.C13H17N3O.CH4/c29-23-18-36(22-9-5-2-6-10-22)33-25(23)32-26(37)20-11-12-24(30-17-20)34-15-13-28(14-16-34)27(38)31-19-35(28)21-7-3-1-4-8-21;1-20(2,3)29-19(28)23-15-12-26(14-7-5-4-6-8-14)25-17(15)24-18(27)13-9-10-16(21)22-11-13;17-12-13(6-8-14-9-7-13)16(10-15-12)11-4-2-1-3-5-11;/h1-12,17-18H,13-16,19,29H2,(H,31,38)(H,32,33,37);4-12H,1-3H3,(H,23,28)(H,24,25,27);1-5,14H,6-10H2,(H,15,17);1H4. The highest BCUT2D eigenvalue weighted by molar-refractivity contribution is 6.29. The summed E-state index contributed by atoms with van der Waals surface area (Å²) in [7, 11) is 0. The second-order valence-electron chi connectivity index (χ2n) is 21.3. The normalized spacial score (nSPS) is 15.7. The van der Waals surface area contributed by atoms with Gasteiger partial charge in [0.05, 0.1) is 53.9 Å². The third-order valence-corrected chi connectivity index (χ3v) is 15.0.